The first-order valence-electron chi connectivity index (χ1n) is 9.13. The molecule has 0 bridgehead atoms. The number of carbonyl (C=O) groups excluding carboxylic acids is 2. The summed E-state index contributed by atoms with van der Waals surface area (Å²) in [7, 11) is -4.79. The molecule has 13 heteroatoms. The zero-order valence-corrected chi connectivity index (χ0v) is 17.3. The van der Waals surface area contributed by atoms with Gasteiger partial charge in [-0.15, -0.1) is 0 Å². The molecule has 2 heterocycles. The van der Waals surface area contributed by atoms with Crippen molar-refractivity contribution in [2.75, 3.05) is 6.61 Å². The minimum absolute atomic E-state index is 0.0391. The Kier molecular flexibility index (Phi) is 8.20. The van der Waals surface area contributed by atoms with E-state index in [-0.39, 0.29) is 11.5 Å². The van der Waals surface area contributed by atoms with Gasteiger partial charge in [0, 0.05) is 6.07 Å². The minimum Gasteiger partial charge on any atom is -0.388 e. The van der Waals surface area contributed by atoms with E-state index in [1.165, 1.54) is 29.1 Å². The maximum atomic E-state index is 12.3. The molecule has 2 rings (SSSR count). The molecule has 30 heavy (non-hydrogen) atoms. The highest BCUT2D eigenvalue weighted by Gasteiger charge is 2.49. The number of pyridine rings is 1. The van der Waals surface area contributed by atoms with Gasteiger partial charge in [0.15, 0.2) is 18.5 Å². The molecule has 1 aromatic rings. The highest BCUT2D eigenvalue weighted by Crippen LogP contribution is 2.37. The Bertz CT molecular complexity index is 813. The smallest absolute Gasteiger partial charge is 0.388 e. The van der Waals surface area contributed by atoms with Gasteiger partial charge < -0.3 is 35.2 Å². The lowest BCUT2D eigenvalue weighted by Gasteiger charge is -2.13. The van der Waals surface area contributed by atoms with Crippen LogP contribution in [0.25, 0.3) is 0 Å². The van der Waals surface area contributed by atoms with E-state index in [1.54, 1.807) is 0 Å². The maximum Gasteiger partial charge on any atom is 0.469 e. The Hall–Kier alpha value is -1.76. The van der Waals surface area contributed by atoms with Crippen LogP contribution in [0.15, 0.2) is 24.5 Å². The maximum absolute atomic E-state index is 12.3. The number of aromatic nitrogens is 1. The van der Waals surface area contributed by atoms with E-state index >= 15 is 0 Å². The van der Waals surface area contributed by atoms with Gasteiger partial charge in [0.1, 0.15) is 23.8 Å². The number of aliphatic hydroxyl groups excluding tert-OH is 2. The summed E-state index contributed by atoms with van der Waals surface area (Å²) in [6, 6.07) is 1.85. The first-order chi connectivity index (χ1) is 13.9. The third kappa shape index (κ3) is 6.62. The van der Waals surface area contributed by atoms with Crippen molar-refractivity contribution in [3.63, 3.8) is 0 Å². The molecule has 0 amide bonds. The molecule has 1 saturated heterocycles. The van der Waals surface area contributed by atoms with Gasteiger partial charge >= 0.3 is 19.8 Å². The van der Waals surface area contributed by atoms with Crippen LogP contribution < -0.4 is 10.3 Å². The van der Waals surface area contributed by atoms with Crippen LogP contribution in [0.2, 0.25) is 0 Å². The molecule has 12 nitrogen and oxygen atoms in total. The van der Waals surface area contributed by atoms with Gasteiger partial charge in [-0.25, -0.2) is 14.2 Å². The number of phosphoric acid groups is 1. The van der Waals surface area contributed by atoms with Crippen LogP contribution in [0, 0.1) is 5.92 Å². The molecule has 5 atom stereocenters. The van der Waals surface area contributed by atoms with Crippen LogP contribution in [0.1, 0.15) is 36.9 Å². The normalized spacial score (nSPS) is 25.3. The summed E-state index contributed by atoms with van der Waals surface area (Å²) in [6.45, 7) is 3.08. The number of hydrogen-bond acceptors (Lipinski definition) is 9. The Morgan fingerprint density at radius 2 is 1.97 bits per heavy atom. The van der Waals surface area contributed by atoms with Gasteiger partial charge in [-0.3, -0.25) is 4.52 Å². The number of nitrogens with two attached hydrogens (primary N) is 1. The summed E-state index contributed by atoms with van der Waals surface area (Å²) in [5.41, 5.74) is 5.66. The van der Waals surface area contributed by atoms with Crippen LogP contribution in [0.4, 0.5) is 0 Å². The fourth-order valence-corrected chi connectivity index (χ4v) is 3.23. The van der Waals surface area contributed by atoms with E-state index in [4.69, 9.17) is 25.0 Å². The van der Waals surface area contributed by atoms with Crippen molar-refractivity contribution in [1.82, 2.24) is 0 Å². The standard InChI is InChI=1S/C17H25N2O10P/c1-9(2)6-11(18)17(23)29-16(22)10-4-3-5-19(7-10)15-14(21)13(20)12(28-15)8-27-30(24,25)26/h3-5,7,9,11-15,20-21H,6,8,18H2,1-2H3,(H-,24,25,26)/p+1/t11-,12+,13+,14+,15+/m0/s1. The SMILES string of the molecule is CC(C)C[C@H](N)C(=O)OC(=O)c1ccc[n+]([C@@H]2O[C@H](COP(=O)(O)O)[C@@H](O)[C@H]2O)c1. The van der Waals surface area contributed by atoms with Crippen molar-refractivity contribution < 1.29 is 52.7 Å². The Balaban J connectivity index is 2.08. The molecule has 1 fully saturated rings. The molecule has 0 unspecified atom stereocenters. The average molecular weight is 449 g/mol. The summed E-state index contributed by atoms with van der Waals surface area (Å²) in [4.78, 5) is 41.7. The second-order valence-electron chi connectivity index (χ2n) is 7.32. The quantitative estimate of drug-likeness (QED) is 0.138. The average Bonchev–Trinajstić information content (AvgIpc) is 2.93. The molecular formula is C17H26N2O10P+. The zero-order valence-electron chi connectivity index (χ0n) is 16.4. The van der Waals surface area contributed by atoms with E-state index in [0.717, 1.165) is 0 Å². The van der Waals surface area contributed by atoms with Crippen molar-refractivity contribution in [3.05, 3.63) is 30.1 Å². The van der Waals surface area contributed by atoms with E-state index in [2.05, 4.69) is 4.52 Å². The summed E-state index contributed by atoms with van der Waals surface area (Å²) in [5.74, 6) is -1.69. The fraction of sp³-hybridized carbons (Fsp3) is 0.588. The van der Waals surface area contributed by atoms with Gasteiger partial charge in [0.05, 0.1) is 6.61 Å². The molecule has 0 spiro atoms. The van der Waals surface area contributed by atoms with Crippen LogP contribution in [0.3, 0.4) is 0 Å². The first kappa shape index (κ1) is 24.5. The number of hydrogen-bond donors (Lipinski definition) is 5. The molecular weight excluding hydrogens is 423 g/mol. The first-order valence-corrected chi connectivity index (χ1v) is 10.7. The number of nitrogens with zero attached hydrogens (tertiary/aromatic N) is 1. The third-order valence-electron chi connectivity index (χ3n) is 4.32. The topological polar surface area (TPSA) is 190 Å². The lowest BCUT2D eigenvalue weighted by molar-refractivity contribution is -0.765. The highest BCUT2D eigenvalue weighted by atomic mass is 31.2. The van der Waals surface area contributed by atoms with E-state index in [9.17, 15) is 24.4 Å². The molecule has 0 aromatic carbocycles. The molecule has 0 radical (unpaired) electrons. The predicted molar refractivity (Wildman–Crippen MR) is 98.4 cm³/mol. The molecule has 1 aliphatic rings. The van der Waals surface area contributed by atoms with Gasteiger partial charge in [-0.1, -0.05) is 13.8 Å². The summed E-state index contributed by atoms with van der Waals surface area (Å²) >= 11 is 0. The second kappa shape index (κ2) is 10.0. The summed E-state index contributed by atoms with van der Waals surface area (Å²) < 4.78 is 26.6. The van der Waals surface area contributed by atoms with Crippen molar-refractivity contribution in [2.24, 2.45) is 11.7 Å². The molecule has 1 aromatic heterocycles. The van der Waals surface area contributed by atoms with Crippen LogP contribution >= 0.6 is 7.82 Å². The largest absolute Gasteiger partial charge is 0.469 e. The second-order valence-corrected chi connectivity index (χ2v) is 8.56. The fourth-order valence-electron chi connectivity index (χ4n) is 2.89. The van der Waals surface area contributed by atoms with Crippen molar-refractivity contribution in [3.8, 4) is 0 Å². The van der Waals surface area contributed by atoms with E-state index < -0.39 is 56.9 Å². The van der Waals surface area contributed by atoms with Gasteiger partial charge in [0.2, 0.25) is 0 Å². The van der Waals surface area contributed by atoms with E-state index in [1.807, 2.05) is 13.8 Å². The number of carbonyl (C=O) groups is 2. The van der Waals surface area contributed by atoms with Crippen LogP contribution in [-0.4, -0.2) is 62.9 Å². The van der Waals surface area contributed by atoms with Gasteiger partial charge in [-0.05, 0) is 18.4 Å². The van der Waals surface area contributed by atoms with Gasteiger partial charge in [-0.2, -0.15) is 4.57 Å². The van der Waals surface area contributed by atoms with Crippen molar-refractivity contribution in [1.29, 1.82) is 0 Å². The molecule has 0 aliphatic carbocycles. The molecule has 0 saturated carbocycles. The Labute approximate surface area is 172 Å². The third-order valence-corrected chi connectivity index (χ3v) is 4.80. The Morgan fingerprint density at radius 1 is 1.30 bits per heavy atom. The lowest BCUT2D eigenvalue weighted by Crippen LogP contribution is -2.46. The van der Waals surface area contributed by atoms with Crippen LogP contribution in [0.5, 0.6) is 0 Å². The van der Waals surface area contributed by atoms with Crippen molar-refractivity contribution in [2.45, 2.75) is 50.8 Å². The monoisotopic (exact) mass is 449 g/mol. The van der Waals surface area contributed by atoms with Crippen LogP contribution in [-0.2, 0) is 23.4 Å². The summed E-state index contributed by atoms with van der Waals surface area (Å²) in [6.07, 6.45) is -2.38. The highest BCUT2D eigenvalue weighted by molar-refractivity contribution is 7.46. The van der Waals surface area contributed by atoms with E-state index in [0.29, 0.717) is 6.42 Å². The molecule has 168 valence electrons. The number of phosphoric ester groups is 1. The molecule has 6 N–H and O–H groups in total. The Morgan fingerprint density at radius 3 is 2.57 bits per heavy atom. The predicted octanol–water partition coefficient (Wildman–Crippen LogP) is -1.24. The number of aliphatic hydroxyl groups is 2. The number of esters is 2. The minimum atomic E-state index is -4.79. The van der Waals surface area contributed by atoms with Crippen molar-refractivity contribution >= 4 is 19.8 Å². The molecule has 1 aliphatic heterocycles. The number of rotatable bonds is 8. The number of ether oxygens (including phenoxy) is 2. The lowest BCUT2D eigenvalue weighted by atomic mass is 10.1. The zero-order chi connectivity index (χ0) is 22.6. The summed E-state index contributed by atoms with van der Waals surface area (Å²) in [5, 5.41) is 20.3. The van der Waals surface area contributed by atoms with Gasteiger partial charge in [0.25, 0.3) is 6.23 Å².